The average molecular weight is 278 g/mol. The smallest absolute Gasteiger partial charge is 0.322 e. The van der Waals surface area contributed by atoms with Crippen LogP contribution in [-0.4, -0.2) is 22.2 Å². The normalized spacial score (nSPS) is 10.7. The summed E-state index contributed by atoms with van der Waals surface area (Å²) in [6, 6.07) is 6.95. The third-order valence-electron chi connectivity index (χ3n) is 3.41. The van der Waals surface area contributed by atoms with Crippen LogP contribution in [0.2, 0.25) is 0 Å². The second kappa shape index (κ2) is 8.35. The van der Waals surface area contributed by atoms with Gasteiger partial charge in [-0.1, -0.05) is 56.9 Å². The molecule has 0 aromatic heterocycles. The zero-order valence-electron chi connectivity index (χ0n) is 11.8. The van der Waals surface area contributed by atoms with E-state index in [1.807, 2.05) is 12.1 Å². The highest BCUT2D eigenvalue weighted by Gasteiger charge is 2.29. The van der Waals surface area contributed by atoms with E-state index in [4.69, 9.17) is 10.2 Å². The summed E-state index contributed by atoms with van der Waals surface area (Å²) >= 11 is 0. The molecule has 0 radical (unpaired) electrons. The molecular weight excluding hydrogens is 256 g/mol. The molecule has 1 aromatic rings. The minimum absolute atomic E-state index is 0.406. The van der Waals surface area contributed by atoms with E-state index in [2.05, 4.69) is 6.92 Å². The van der Waals surface area contributed by atoms with Crippen LogP contribution in [0.1, 0.15) is 56.1 Å². The molecule has 0 unspecified atom stereocenters. The second-order valence-corrected chi connectivity index (χ2v) is 4.97. The summed E-state index contributed by atoms with van der Waals surface area (Å²) < 4.78 is 0. The maximum absolute atomic E-state index is 11.1. The third kappa shape index (κ3) is 4.68. The molecule has 0 spiro atoms. The minimum Gasteiger partial charge on any atom is -0.480 e. The number of unbranched alkanes of at least 4 members (excludes halogenated alkanes) is 4. The van der Waals surface area contributed by atoms with Crippen molar-refractivity contribution in [3.8, 4) is 0 Å². The number of hydrogen-bond donors (Lipinski definition) is 2. The fourth-order valence-corrected chi connectivity index (χ4v) is 2.33. The molecule has 20 heavy (non-hydrogen) atoms. The van der Waals surface area contributed by atoms with Crippen molar-refractivity contribution in [1.29, 1.82) is 0 Å². The quantitative estimate of drug-likeness (QED) is 0.536. The van der Waals surface area contributed by atoms with Gasteiger partial charge in [0.2, 0.25) is 0 Å². The minimum atomic E-state index is -1.47. The van der Waals surface area contributed by atoms with Gasteiger partial charge in [-0.05, 0) is 24.0 Å². The highest BCUT2D eigenvalue weighted by Crippen LogP contribution is 2.23. The topological polar surface area (TPSA) is 74.6 Å². The number of carboxylic acids is 2. The van der Waals surface area contributed by atoms with Crippen LogP contribution in [0.4, 0.5) is 0 Å². The summed E-state index contributed by atoms with van der Waals surface area (Å²) in [4.78, 5) is 22.3. The number of aryl methyl sites for hydroxylation is 1. The number of hydrogen-bond acceptors (Lipinski definition) is 2. The first-order valence-electron chi connectivity index (χ1n) is 7.11. The number of rotatable bonds is 9. The SMILES string of the molecule is CCCCCCCc1ccccc1C(C(=O)O)C(=O)O. The van der Waals surface area contributed by atoms with Gasteiger partial charge in [0.25, 0.3) is 0 Å². The van der Waals surface area contributed by atoms with E-state index in [1.165, 1.54) is 19.3 Å². The first kappa shape index (κ1) is 16.2. The fraction of sp³-hybridized carbons (Fsp3) is 0.500. The van der Waals surface area contributed by atoms with Gasteiger partial charge in [-0.2, -0.15) is 0 Å². The van der Waals surface area contributed by atoms with E-state index in [0.29, 0.717) is 5.56 Å². The number of benzene rings is 1. The lowest BCUT2D eigenvalue weighted by atomic mass is 9.91. The molecule has 110 valence electrons. The van der Waals surface area contributed by atoms with Crippen molar-refractivity contribution in [2.75, 3.05) is 0 Å². The van der Waals surface area contributed by atoms with E-state index >= 15 is 0 Å². The van der Waals surface area contributed by atoms with Crippen molar-refractivity contribution in [3.63, 3.8) is 0 Å². The Balaban J connectivity index is 2.77. The summed E-state index contributed by atoms with van der Waals surface area (Å²) in [7, 11) is 0. The van der Waals surface area contributed by atoms with Crippen molar-refractivity contribution in [2.45, 2.75) is 51.4 Å². The molecule has 0 atom stereocenters. The van der Waals surface area contributed by atoms with Gasteiger partial charge in [0.15, 0.2) is 5.92 Å². The molecule has 0 bridgehead atoms. The Morgan fingerprint density at radius 2 is 1.60 bits per heavy atom. The molecular formula is C16H22O4. The average Bonchev–Trinajstić information content (AvgIpc) is 2.39. The lowest BCUT2D eigenvalue weighted by Crippen LogP contribution is -2.22. The highest BCUT2D eigenvalue weighted by atomic mass is 16.4. The van der Waals surface area contributed by atoms with Crippen molar-refractivity contribution in [3.05, 3.63) is 35.4 Å². The van der Waals surface area contributed by atoms with E-state index in [9.17, 15) is 9.59 Å². The van der Waals surface area contributed by atoms with Crippen LogP contribution in [-0.2, 0) is 16.0 Å². The molecule has 0 heterocycles. The van der Waals surface area contributed by atoms with Gasteiger partial charge in [0.05, 0.1) is 0 Å². The molecule has 4 heteroatoms. The van der Waals surface area contributed by atoms with E-state index in [0.717, 1.165) is 24.8 Å². The maximum atomic E-state index is 11.1. The monoisotopic (exact) mass is 278 g/mol. The van der Waals surface area contributed by atoms with Crippen molar-refractivity contribution in [1.82, 2.24) is 0 Å². The van der Waals surface area contributed by atoms with Gasteiger partial charge < -0.3 is 10.2 Å². The van der Waals surface area contributed by atoms with E-state index in [-0.39, 0.29) is 0 Å². The van der Waals surface area contributed by atoms with Crippen molar-refractivity contribution < 1.29 is 19.8 Å². The first-order chi connectivity index (χ1) is 9.57. The van der Waals surface area contributed by atoms with Gasteiger partial charge in [-0.3, -0.25) is 9.59 Å². The van der Waals surface area contributed by atoms with Crippen LogP contribution in [0.5, 0.6) is 0 Å². The molecule has 0 saturated carbocycles. The van der Waals surface area contributed by atoms with Gasteiger partial charge in [-0.15, -0.1) is 0 Å². The Morgan fingerprint density at radius 1 is 1.00 bits per heavy atom. The second-order valence-electron chi connectivity index (χ2n) is 4.97. The molecule has 0 saturated heterocycles. The summed E-state index contributed by atoms with van der Waals surface area (Å²) in [5, 5.41) is 18.2. The van der Waals surface area contributed by atoms with Gasteiger partial charge >= 0.3 is 11.9 Å². The predicted octanol–water partition coefficient (Wildman–Crippen LogP) is 3.45. The van der Waals surface area contributed by atoms with E-state index < -0.39 is 17.9 Å². The van der Waals surface area contributed by atoms with Crippen LogP contribution < -0.4 is 0 Å². The standard InChI is InChI=1S/C16H22O4/c1-2-3-4-5-6-9-12-10-7-8-11-13(12)14(15(17)18)16(19)20/h7-8,10-11,14H,2-6,9H2,1H3,(H,17,18)(H,19,20). The Bertz CT molecular complexity index is 440. The molecule has 2 N–H and O–H groups in total. The maximum Gasteiger partial charge on any atom is 0.322 e. The van der Waals surface area contributed by atoms with Crippen LogP contribution in [0.15, 0.2) is 24.3 Å². The molecule has 0 aliphatic carbocycles. The summed E-state index contributed by atoms with van der Waals surface area (Å²) in [5.41, 5.74) is 1.24. The molecule has 0 fully saturated rings. The van der Waals surface area contributed by atoms with Crippen molar-refractivity contribution in [2.24, 2.45) is 0 Å². The lowest BCUT2D eigenvalue weighted by Gasteiger charge is -2.13. The van der Waals surface area contributed by atoms with Gasteiger partial charge in [-0.25, -0.2) is 0 Å². The molecule has 4 nitrogen and oxygen atoms in total. The molecule has 1 rings (SSSR count). The van der Waals surface area contributed by atoms with Crippen LogP contribution in [0, 0.1) is 0 Å². The summed E-state index contributed by atoms with van der Waals surface area (Å²) in [6.45, 7) is 2.15. The number of aliphatic carboxylic acids is 2. The largest absolute Gasteiger partial charge is 0.480 e. The Morgan fingerprint density at radius 3 is 2.20 bits per heavy atom. The zero-order chi connectivity index (χ0) is 15.0. The Labute approximate surface area is 119 Å². The van der Waals surface area contributed by atoms with Gasteiger partial charge in [0.1, 0.15) is 0 Å². The van der Waals surface area contributed by atoms with Crippen LogP contribution in [0.3, 0.4) is 0 Å². The molecule has 0 aliphatic rings. The molecule has 0 amide bonds. The number of carboxylic acid groups (broad SMARTS) is 2. The molecule has 0 aliphatic heterocycles. The first-order valence-corrected chi connectivity index (χ1v) is 7.11. The van der Waals surface area contributed by atoms with Gasteiger partial charge in [0, 0.05) is 0 Å². The lowest BCUT2D eigenvalue weighted by molar-refractivity contribution is -0.150. The molecule has 1 aromatic carbocycles. The van der Waals surface area contributed by atoms with Crippen molar-refractivity contribution >= 4 is 11.9 Å². The number of carbonyl (C=O) groups is 2. The summed E-state index contributed by atoms with van der Waals surface area (Å²) in [5.74, 6) is -4.09. The third-order valence-corrected chi connectivity index (χ3v) is 3.41. The van der Waals surface area contributed by atoms with E-state index in [1.54, 1.807) is 12.1 Å². The summed E-state index contributed by atoms with van der Waals surface area (Å²) in [6.07, 6.45) is 6.33. The Hall–Kier alpha value is -1.84. The zero-order valence-corrected chi connectivity index (χ0v) is 11.8. The van der Waals surface area contributed by atoms with Crippen LogP contribution >= 0.6 is 0 Å². The fourth-order valence-electron chi connectivity index (χ4n) is 2.33. The van der Waals surface area contributed by atoms with Crippen LogP contribution in [0.25, 0.3) is 0 Å². The predicted molar refractivity (Wildman–Crippen MR) is 76.9 cm³/mol. The Kier molecular flexibility index (Phi) is 6.77. The highest BCUT2D eigenvalue weighted by molar-refractivity contribution is 5.99.